The lowest BCUT2D eigenvalue weighted by Gasteiger charge is -2.07. The summed E-state index contributed by atoms with van der Waals surface area (Å²) in [5.41, 5.74) is 1.66. The summed E-state index contributed by atoms with van der Waals surface area (Å²) in [6, 6.07) is 7.35. The standard InChI is InChI=1S/C14H18O3/c1-4-11-6-5-7-12(8-11)13(15)9-14(16)17-10(2)3/h5-8,10H,4,9H2,1-3H3. The van der Waals surface area contributed by atoms with Gasteiger partial charge < -0.3 is 4.74 Å². The number of ketones is 1. The minimum atomic E-state index is -0.466. The Hall–Kier alpha value is -1.64. The fraction of sp³-hybridized carbons (Fsp3) is 0.429. The topological polar surface area (TPSA) is 43.4 Å². The molecule has 0 amide bonds. The molecule has 0 unspecified atom stereocenters. The van der Waals surface area contributed by atoms with E-state index in [1.807, 2.05) is 25.1 Å². The van der Waals surface area contributed by atoms with Gasteiger partial charge in [-0.1, -0.05) is 25.1 Å². The molecule has 0 aromatic heterocycles. The Balaban J connectivity index is 2.66. The van der Waals surface area contributed by atoms with Crippen molar-refractivity contribution >= 4 is 11.8 Å². The highest BCUT2D eigenvalue weighted by atomic mass is 16.5. The van der Waals surface area contributed by atoms with Gasteiger partial charge in [-0.05, 0) is 31.9 Å². The zero-order valence-electron chi connectivity index (χ0n) is 10.5. The number of Topliss-reactive ketones (excluding diaryl/α,β-unsaturated/α-hetero) is 1. The number of esters is 1. The molecule has 1 aromatic carbocycles. The first kappa shape index (κ1) is 13.4. The van der Waals surface area contributed by atoms with E-state index < -0.39 is 5.97 Å². The Kier molecular flexibility index (Phi) is 4.88. The number of carbonyl (C=O) groups is 2. The van der Waals surface area contributed by atoms with Gasteiger partial charge in [0.25, 0.3) is 0 Å². The molecule has 0 saturated carbocycles. The van der Waals surface area contributed by atoms with Gasteiger partial charge in [0.2, 0.25) is 0 Å². The second-order valence-electron chi connectivity index (χ2n) is 4.19. The van der Waals surface area contributed by atoms with Crippen molar-refractivity contribution in [2.45, 2.75) is 39.7 Å². The van der Waals surface area contributed by atoms with Crippen molar-refractivity contribution in [2.24, 2.45) is 0 Å². The molecule has 0 N–H and O–H groups in total. The predicted molar refractivity (Wildman–Crippen MR) is 66.0 cm³/mol. The zero-order chi connectivity index (χ0) is 12.8. The molecule has 0 aliphatic heterocycles. The largest absolute Gasteiger partial charge is 0.463 e. The third-order valence-corrected chi connectivity index (χ3v) is 2.33. The Morgan fingerprint density at radius 1 is 1.29 bits per heavy atom. The van der Waals surface area contributed by atoms with Gasteiger partial charge >= 0.3 is 5.97 Å². The summed E-state index contributed by atoms with van der Waals surface area (Å²) < 4.78 is 4.94. The van der Waals surface area contributed by atoms with Crippen molar-refractivity contribution in [1.82, 2.24) is 0 Å². The van der Waals surface area contributed by atoms with Crippen molar-refractivity contribution in [2.75, 3.05) is 0 Å². The van der Waals surface area contributed by atoms with Crippen LogP contribution in [0.5, 0.6) is 0 Å². The molecule has 0 fully saturated rings. The highest BCUT2D eigenvalue weighted by molar-refractivity contribution is 6.06. The molecule has 0 radical (unpaired) electrons. The molecule has 0 spiro atoms. The summed E-state index contributed by atoms with van der Waals surface area (Å²) in [5.74, 6) is -0.655. The molecule has 0 bridgehead atoms. The Morgan fingerprint density at radius 3 is 2.59 bits per heavy atom. The van der Waals surface area contributed by atoms with E-state index in [4.69, 9.17) is 4.74 Å². The third kappa shape index (κ3) is 4.39. The monoisotopic (exact) mass is 234 g/mol. The minimum absolute atomic E-state index is 0.183. The first-order valence-electron chi connectivity index (χ1n) is 5.84. The van der Waals surface area contributed by atoms with Crippen LogP contribution in [0.4, 0.5) is 0 Å². The van der Waals surface area contributed by atoms with Crippen LogP contribution in [0, 0.1) is 0 Å². The van der Waals surface area contributed by atoms with Crippen LogP contribution in [0.25, 0.3) is 0 Å². The van der Waals surface area contributed by atoms with Gasteiger partial charge in [0.1, 0.15) is 6.42 Å². The fourth-order valence-corrected chi connectivity index (χ4v) is 1.50. The number of aryl methyl sites for hydroxylation is 1. The van der Waals surface area contributed by atoms with E-state index in [0.717, 1.165) is 12.0 Å². The number of carbonyl (C=O) groups excluding carboxylic acids is 2. The SMILES string of the molecule is CCc1cccc(C(=O)CC(=O)OC(C)C)c1. The first-order chi connectivity index (χ1) is 8.02. The summed E-state index contributed by atoms with van der Waals surface area (Å²) in [6.07, 6.45) is 0.500. The zero-order valence-corrected chi connectivity index (χ0v) is 10.5. The van der Waals surface area contributed by atoms with Gasteiger partial charge in [0.05, 0.1) is 6.10 Å². The van der Waals surface area contributed by atoms with Crippen molar-refractivity contribution in [3.8, 4) is 0 Å². The van der Waals surface area contributed by atoms with Crippen molar-refractivity contribution in [3.63, 3.8) is 0 Å². The highest BCUT2D eigenvalue weighted by Crippen LogP contribution is 2.09. The Labute approximate surface area is 102 Å². The average molecular weight is 234 g/mol. The van der Waals surface area contributed by atoms with Gasteiger partial charge in [0.15, 0.2) is 5.78 Å². The van der Waals surface area contributed by atoms with Crippen LogP contribution in [0.2, 0.25) is 0 Å². The van der Waals surface area contributed by atoms with Crippen LogP contribution in [0.1, 0.15) is 43.1 Å². The van der Waals surface area contributed by atoms with Gasteiger partial charge in [-0.15, -0.1) is 0 Å². The predicted octanol–water partition coefficient (Wildman–Crippen LogP) is 2.77. The van der Waals surface area contributed by atoms with E-state index in [2.05, 4.69) is 0 Å². The van der Waals surface area contributed by atoms with Gasteiger partial charge in [0, 0.05) is 5.56 Å². The van der Waals surface area contributed by atoms with Crippen molar-refractivity contribution < 1.29 is 14.3 Å². The van der Waals surface area contributed by atoms with Crippen LogP contribution in [0.15, 0.2) is 24.3 Å². The molecule has 3 heteroatoms. The molecule has 92 valence electrons. The van der Waals surface area contributed by atoms with Crippen molar-refractivity contribution in [3.05, 3.63) is 35.4 Å². The lowest BCUT2D eigenvalue weighted by atomic mass is 10.0. The van der Waals surface area contributed by atoms with Crippen LogP contribution >= 0.6 is 0 Å². The van der Waals surface area contributed by atoms with E-state index in [1.165, 1.54) is 0 Å². The maximum absolute atomic E-state index is 11.8. The van der Waals surface area contributed by atoms with Gasteiger partial charge in [-0.25, -0.2) is 0 Å². The maximum atomic E-state index is 11.8. The number of hydrogen-bond donors (Lipinski definition) is 0. The van der Waals surface area contributed by atoms with E-state index in [1.54, 1.807) is 19.9 Å². The molecule has 3 nitrogen and oxygen atoms in total. The average Bonchev–Trinajstić information content (AvgIpc) is 2.27. The molecule has 0 aliphatic rings. The first-order valence-corrected chi connectivity index (χ1v) is 5.84. The number of benzene rings is 1. The molecular weight excluding hydrogens is 216 g/mol. The molecule has 0 saturated heterocycles. The molecule has 1 aromatic rings. The molecule has 17 heavy (non-hydrogen) atoms. The van der Waals surface area contributed by atoms with Crippen LogP contribution in [-0.2, 0) is 16.0 Å². The lowest BCUT2D eigenvalue weighted by Crippen LogP contribution is -2.15. The van der Waals surface area contributed by atoms with Crippen LogP contribution in [-0.4, -0.2) is 17.9 Å². The second-order valence-corrected chi connectivity index (χ2v) is 4.19. The minimum Gasteiger partial charge on any atom is -0.463 e. The number of ether oxygens (including phenoxy) is 1. The van der Waals surface area contributed by atoms with E-state index in [9.17, 15) is 9.59 Å². The number of rotatable bonds is 5. The normalized spacial score (nSPS) is 10.4. The number of hydrogen-bond acceptors (Lipinski definition) is 3. The van der Waals surface area contributed by atoms with Gasteiger partial charge in [-0.3, -0.25) is 9.59 Å². The lowest BCUT2D eigenvalue weighted by molar-refractivity contribution is -0.146. The van der Waals surface area contributed by atoms with Crippen LogP contribution < -0.4 is 0 Å². The Bertz CT molecular complexity index is 408. The molecule has 0 atom stereocenters. The van der Waals surface area contributed by atoms with E-state index in [0.29, 0.717) is 5.56 Å². The molecule has 0 aliphatic carbocycles. The molecule has 1 rings (SSSR count). The Morgan fingerprint density at radius 2 is 2.00 bits per heavy atom. The molecule has 0 heterocycles. The van der Waals surface area contributed by atoms with Crippen molar-refractivity contribution in [1.29, 1.82) is 0 Å². The summed E-state index contributed by atoms with van der Waals surface area (Å²) in [7, 11) is 0. The highest BCUT2D eigenvalue weighted by Gasteiger charge is 2.14. The second kappa shape index (κ2) is 6.18. The summed E-state index contributed by atoms with van der Waals surface area (Å²) >= 11 is 0. The van der Waals surface area contributed by atoms with E-state index in [-0.39, 0.29) is 18.3 Å². The summed E-state index contributed by atoms with van der Waals surface area (Å²) in [4.78, 5) is 23.2. The quantitative estimate of drug-likeness (QED) is 0.447. The molecular formula is C14H18O3. The third-order valence-electron chi connectivity index (χ3n) is 2.33. The van der Waals surface area contributed by atoms with Gasteiger partial charge in [-0.2, -0.15) is 0 Å². The summed E-state index contributed by atoms with van der Waals surface area (Å²) in [6.45, 7) is 5.55. The maximum Gasteiger partial charge on any atom is 0.313 e. The fourth-order valence-electron chi connectivity index (χ4n) is 1.50. The van der Waals surface area contributed by atoms with E-state index >= 15 is 0 Å². The summed E-state index contributed by atoms with van der Waals surface area (Å²) in [5, 5.41) is 0. The smallest absolute Gasteiger partial charge is 0.313 e. The van der Waals surface area contributed by atoms with Crippen LogP contribution in [0.3, 0.4) is 0 Å².